The number of carbonyl (C=O) groups is 1. The number of rotatable bonds is 7. The molecule has 0 bridgehead atoms. The van der Waals surface area contributed by atoms with Crippen molar-refractivity contribution in [3.05, 3.63) is 66.5 Å². The lowest BCUT2D eigenvalue weighted by Gasteiger charge is -2.34. The molecule has 45 heavy (non-hydrogen) atoms. The summed E-state index contributed by atoms with van der Waals surface area (Å²) < 4.78 is 12.2. The van der Waals surface area contributed by atoms with Crippen LogP contribution in [0.2, 0.25) is 0 Å². The Balaban J connectivity index is 1.23. The summed E-state index contributed by atoms with van der Waals surface area (Å²) in [5.41, 5.74) is 2.83. The quantitative estimate of drug-likeness (QED) is 0.204. The molecule has 1 saturated carbocycles. The Labute approximate surface area is 264 Å². The van der Waals surface area contributed by atoms with Crippen molar-refractivity contribution in [1.29, 1.82) is 0 Å². The minimum atomic E-state index is -0.541. The average molecular weight is 611 g/mol. The van der Waals surface area contributed by atoms with Crippen LogP contribution < -0.4 is 15.4 Å². The Hall–Kier alpha value is -4.44. The number of aliphatic hydroxyl groups excluding tert-OH is 1. The fourth-order valence-electron chi connectivity index (χ4n) is 6.12. The highest BCUT2D eigenvalue weighted by molar-refractivity contribution is 5.98. The summed E-state index contributed by atoms with van der Waals surface area (Å²) in [7, 11) is 0. The van der Waals surface area contributed by atoms with E-state index in [1.807, 2.05) is 70.2 Å². The molecular formula is C35H42N6O4. The molecule has 1 aliphatic carbocycles. The molecule has 1 saturated heterocycles. The highest BCUT2D eigenvalue weighted by Crippen LogP contribution is 2.39. The van der Waals surface area contributed by atoms with Gasteiger partial charge in [0.1, 0.15) is 11.4 Å². The van der Waals surface area contributed by atoms with Crippen molar-refractivity contribution in [2.24, 2.45) is 0 Å². The molecule has 3 atom stereocenters. The number of benzene rings is 2. The molecule has 3 heterocycles. The zero-order valence-electron chi connectivity index (χ0n) is 26.4. The lowest BCUT2D eigenvalue weighted by Crippen LogP contribution is -2.47. The Morgan fingerprint density at radius 1 is 0.956 bits per heavy atom. The van der Waals surface area contributed by atoms with E-state index in [2.05, 4.69) is 26.7 Å². The number of ether oxygens (including phenoxy) is 2. The number of pyridine rings is 1. The summed E-state index contributed by atoms with van der Waals surface area (Å²) in [5.74, 6) is 1.64. The number of carbonyl (C=O) groups excluding carboxylic acids is 1. The topological polar surface area (TPSA) is 122 Å². The molecule has 2 unspecified atom stereocenters. The molecule has 2 fully saturated rings. The molecule has 2 aliphatic rings. The maximum atomic E-state index is 12.7. The van der Waals surface area contributed by atoms with Gasteiger partial charge in [-0.25, -0.2) is 19.7 Å². The third kappa shape index (κ3) is 7.12. The Bertz CT molecular complexity index is 1670. The van der Waals surface area contributed by atoms with Gasteiger partial charge in [-0.05, 0) is 89.6 Å². The lowest BCUT2D eigenvalue weighted by molar-refractivity contribution is 0.0206. The van der Waals surface area contributed by atoms with Crippen LogP contribution in [0, 0.1) is 6.92 Å². The van der Waals surface area contributed by atoms with Crippen LogP contribution in [0.15, 0.2) is 60.9 Å². The lowest BCUT2D eigenvalue weighted by atomic mass is 10.0. The molecule has 0 spiro atoms. The normalized spacial score (nSPS) is 20.2. The molecule has 6 rings (SSSR count). The second-order valence-corrected chi connectivity index (χ2v) is 13.0. The number of aliphatic hydroxyl groups is 1. The Morgan fingerprint density at radius 3 is 2.62 bits per heavy atom. The highest BCUT2D eigenvalue weighted by Gasteiger charge is 2.28. The molecule has 10 nitrogen and oxygen atoms in total. The van der Waals surface area contributed by atoms with Gasteiger partial charge in [0.05, 0.1) is 23.4 Å². The van der Waals surface area contributed by atoms with Gasteiger partial charge in [0.25, 0.3) is 0 Å². The van der Waals surface area contributed by atoms with Gasteiger partial charge >= 0.3 is 6.09 Å². The van der Waals surface area contributed by atoms with Gasteiger partial charge in [-0.1, -0.05) is 24.3 Å². The van der Waals surface area contributed by atoms with Crippen molar-refractivity contribution in [3.8, 4) is 22.9 Å². The number of nitrogens with zero attached hydrogens (tertiary/aromatic N) is 4. The Kier molecular flexibility index (Phi) is 8.76. The van der Waals surface area contributed by atoms with Crippen LogP contribution in [-0.2, 0) is 4.74 Å². The number of hydrogen-bond donors (Lipinski definition) is 3. The van der Waals surface area contributed by atoms with E-state index in [9.17, 15) is 9.90 Å². The van der Waals surface area contributed by atoms with Gasteiger partial charge in [-0.3, -0.25) is 0 Å². The zero-order chi connectivity index (χ0) is 31.6. The summed E-state index contributed by atoms with van der Waals surface area (Å²) in [5, 5.41) is 19.4. The average Bonchev–Trinajstić information content (AvgIpc) is 3.42. The molecule has 1 aliphatic heterocycles. The van der Waals surface area contributed by atoms with Crippen LogP contribution in [0.4, 0.5) is 16.4 Å². The number of likely N-dealkylation sites (tertiary alicyclic amines) is 1. The van der Waals surface area contributed by atoms with Crippen LogP contribution in [-0.4, -0.2) is 67.9 Å². The minimum absolute atomic E-state index is 0.00220. The number of hydrogen-bond acceptors (Lipinski definition) is 9. The van der Waals surface area contributed by atoms with Gasteiger partial charge < -0.3 is 30.1 Å². The van der Waals surface area contributed by atoms with Crippen molar-refractivity contribution in [1.82, 2.24) is 19.9 Å². The molecule has 236 valence electrons. The van der Waals surface area contributed by atoms with Gasteiger partial charge in [0, 0.05) is 48.0 Å². The molecular weight excluding hydrogens is 568 g/mol. The Morgan fingerprint density at radius 2 is 1.82 bits per heavy atom. The number of aromatic nitrogens is 3. The van der Waals surface area contributed by atoms with Crippen LogP contribution >= 0.6 is 0 Å². The van der Waals surface area contributed by atoms with Crippen LogP contribution in [0.1, 0.15) is 58.4 Å². The van der Waals surface area contributed by atoms with E-state index < -0.39 is 5.60 Å². The molecule has 2 aromatic carbocycles. The standard InChI is InChI=1S/C35H42N6O4/c1-22-15-16-24-25(10-5-12-27(24)39-29-13-6-14-30(29)42)31(22)44-32-26(11-7-18-36-32)28-17-19-37-33(40-28)38-23-9-8-20-41(21-23)34(43)45-35(2,3)4/h5,7,10-12,15-19,23,29-30,39,42H,6,8-9,13-14,20-21H2,1-4H3,(H,37,38,40)/t23-,29?,30?/m0/s1. The third-order valence-corrected chi connectivity index (χ3v) is 8.34. The van der Waals surface area contributed by atoms with Crippen molar-refractivity contribution in [3.63, 3.8) is 0 Å². The van der Waals surface area contributed by atoms with Gasteiger partial charge in [0.2, 0.25) is 11.8 Å². The van der Waals surface area contributed by atoms with E-state index in [4.69, 9.17) is 14.5 Å². The predicted molar refractivity (Wildman–Crippen MR) is 176 cm³/mol. The SMILES string of the molecule is Cc1ccc2c(NC3CCCC3O)cccc2c1Oc1ncccc1-c1ccnc(N[C@H]2CCCN(C(=O)OC(C)(C)C)C2)n1. The molecule has 4 aromatic rings. The summed E-state index contributed by atoms with van der Waals surface area (Å²) in [4.78, 5) is 28.3. The second kappa shape index (κ2) is 12.9. The minimum Gasteiger partial charge on any atom is -0.444 e. The molecule has 10 heteroatoms. The monoisotopic (exact) mass is 610 g/mol. The molecule has 1 amide bonds. The molecule has 2 aromatic heterocycles. The first kappa shape index (κ1) is 30.6. The largest absolute Gasteiger partial charge is 0.444 e. The van der Waals surface area contributed by atoms with Gasteiger partial charge in [-0.15, -0.1) is 0 Å². The van der Waals surface area contributed by atoms with E-state index in [0.29, 0.717) is 30.6 Å². The van der Waals surface area contributed by atoms with E-state index in [0.717, 1.165) is 65.4 Å². The zero-order valence-corrected chi connectivity index (χ0v) is 26.4. The number of fused-ring (bicyclic) bond motifs is 1. The van der Waals surface area contributed by atoms with Crippen LogP contribution in [0.25, 0.3) is 22.0 Å². The van der Waals surface area contributed by atoms with Gasteiger partial charge in [0.15, 0.2) is 0 Å². The summed E-state index contributed by atoms with van der Waals surface area (Å²) >= 11 is 0. The van der Waals surface area contributed by atoms with E-state index in [-0.39, 0.29) is 24.3 Å². The fourth-order valence-corrected chi connectivity index (χ4v) is 6.12. The van der Waals surface area contributed by atoms with Crippen molar-refractivity contribution in [2.75, 3.05) is 23.7 Å². The number of amides is 1. The van der Waals surface area contributed by atoms with E-state index >= 15 is 0 Å². The third-order valence-electron chi connectivity index (χ3n) is 8.34. The second-order valence-electron chi connectivity index (χ2n) is 13.0. The van der Waals surface area contributed by atoms with E-state index in [1.165, 1.54) is 0 Å². The van der Waals surface area contributed by atoms with E-state index in [1.54, 1.807) is 17.3 Å². The van der Waals surface area contributed by atoms with Crippen LogP contribution in [0.5, 0.6) is 11.6 Å². The highest BCUT2D eigenvalue weighted by atomic mass is 16.6. The maximum absolute atomic E-state index is 12.7. The first-order chi connectivity index (χ1) is 21.6. The van der Waals surface area contributed by atoms with Crippen molar-refractivity contribution in [2.45, 2.75) is 83.6 Å². The van der Waals surface area contributed by atoms with Gasteiger partial charge in [-0.2, -0.15) is 0 Å². The fraction of sp³-hybridized carbons (Fsp3) is 0.429. The van der Waals surface area contributed by atoms with Crippen LogP contribution in [0.3, 0.4) is 0 Å². The maximum Gasteiger partial charge on any atom is 0.410 e. The summed E-state index contributed by atoms with van der Waals surface area (Å²) in [6.45, 7) is 8.83. The van der Waals surface area contributed by atoms with Crippen molar-refractivity contribution < 1.29 is 19.4 Å². The summed E-state index contributed by atoms with van der Waals surface area (Å²) in [6.07, 6.45) is 7.33. The number of nitrogens with one attached hydrogen (secondary N) is 2. The number of aryl methyl sites for hydroxylation is 1. The molecule has 0 radical (unpaired) electrons. The smallest absolute Gasteiger partial charge is 0.410 e. The predicted octanol–water partition coefficient (Wildman–Crippen LogP) is 6.93. The first-order valence-electron chi connectivity index (χ1n) is 15.8. The first-order valence-corrected chi connectivity index (χ1v) is 15.8. The number of piperidine rings is 1. The van der Waals surface area contributed by atoms with Crippen molar-refractivity contribution >= 4 is 28.5 Å². The molecule has 3 N–H and O–H groups in total. The summed E-state index contributed by atoms with van der Waals surface area (Å²) in [6, 6.07) is 15.9. The number of anilines is 2.